The van der Waals surface area contributed by atoms with E-state index in [0.717, 1.165) is 100 Å². The maximum absolute atomic E-state index is 14.0. The quantitative estimate of drug-likeness (QED) is 0.0167. The van der Waals surface area contributed by atoms with Gasteiger partial charge in [-0.05, 0) is 94.7 Å². The number of hydrogen-bond acceptors (Lipinski definition) is 19. The van der Waals surface area contributed by atoms with Gasteiger partial charge in [0.1, 0.15) is 19.0 Å². The topological polar surface area (TPSA) is 285 Å². The minimum absolute atomic E-state index is 0.0253. The van der Waals surface area contributed by atoms with Gasteiger partial charge in [-0.2, -0.15) is 0 Å². The van der Waals surface area contributed by atoms with Gasteiger partial charge in [-0.15, -0.1) is 5.10 Å². The molecule has 438 valence electrons. The molecule has 2 amide bonds. The van der Waals surface area contributed by atoms with E-state index >= 15 is 0 Å². The molecule has 7 heterocycles. The van der Waals surface area contributed by atoms with Gasteiger partial charge in [-0.3, -0.25) is 19.1 Å². The summed E-state index contributed by atoms with van der Waals surface area (Å²) in [6.07, 6.45) is 18.0. The zero-order valence-electron chi connectivity index (χ0n) is 47.4. The Morgan fingerprint density at radius 3 is 2.41 bits per heavy atom. The number of nitrogens with zero attached hydrogens (tertiary/aromatic N) is 8. The van der Waals surface area contributed by atoms with Crippen molar-refractivity contribution in [1.82, 2.24) is 60.7 Å². The molecule has 0 unspecified atom stereocenters. The Balaban J connectivity index is 0.812. The molecule has 0 bridgehead atoms. The molecule has 81 heavy (non-hydrogen) atoms. The number of aryl methyl sites for hydroxylation is 1. The largest absolute Gasteiger partial charge is 0.458 e. The molecule has 0 radical (unpaired) electrons. The summed E-state index contributed by atoms with van der Waals surface area (Å²) in [5, 5.41) is 33.2. The van der Waals surface area contributed by atoms with Crippen LogP contribution in [0.5, 0.6) is 11.5 Å². The van der Waals surface area contributed by atoms with E-state index in [1.807, 2.05) is 12.1 Å². The van der Waals surface area contributed by atoms with E-state index in [9.17, 15) is 32.7 Å². The number of amides is 2. The van der Waals surface area contributed by atoms with Crippen molar-refractivity contribution in [2.45, 2.75) is 141 Å². The summed E-state index contributed by atoms with van der Waals surface area (Å²) in [6, 6.07) is 4.93. The number of esters is 1. The van der Waals surface area contributed by atoms with Crippen LogP contribution in [0.25, 0.3) is 39.6 Å². The molecule has 4 aromatic heterocycles. The summed E-state index contributed by atoms with van der Waals surface area (Å²) in [4.78, 5) is 69.0. The summed E-state index contributed by atoms with van der Waals surface area (Å²) in [7, 11) is -3.49. The maximum Gasteiger partial charge on any atom is 0.343 e. The lowest BCUT2D eigenvalue weighted by atomic mass is 9.86. The van der Waals surface area contributed by atoms with Gasteiger partial charge in [0, 0.05) is 65.9 Å². The van der Waals surface area contributed by atoms with Crippen LogP contribution in [-0.2, 0) is 59.0 Å². The highest BCUT2D eigenvalue weighted by atomic mass is 32.2. The Kier molecular flexibility index (Phi) is 20.8. The minimum Gasteiger partial charge on any atom is -0.458 e. The van der Waals surface area contributed by atoms with Crippen LogP contribution in [0.2, 0.25) is 0 Å². The molecule has 0 saturated carbocycles. The first-order chi connectivity index (χ1) is 39.0. The fourth-order valence-electron chi connectivity index (χ4n) is 10.5. The van der Waals surface area contributed by atoms with Crippen molar-refractivity contribution >= 4 is 44.6 Å². The van der Waals surface area contributed by atoms with Crippen molar-refractivity contribution in [1.29, 1.82) is 0 Å². The predicted octanol–water partition coefficient (Wildman–Crippen LogP) is 4.61. The van der Waals surface area contributed by atoms with Crippen LogP contribution in [0.1, 0.15) is 121 Å². The van der Waals surface area contributed by atoms with Crippen LogP contribution >= 0.6 is 0 Å². The maximum atomic E-state index is 14.0. The summed E-state index contributed by atoms with van der Waals surface area (Å²) in [5.74, 6) is -0.0404. The number of rotatable bonds is 32. The fourth-order valence-corrected chi connectivity index (χ4v) is 11.0. The number of aliphatic hydroxyl groups is 1. The number of aromatic nitrogens is 7. The SMILES string of the molecule is CCCN(CCC)CCCC[C@H](NC[C@@H](NCCCCCCn1cc(-c2cnc(S(C)(=O)=O)nc2)nn1)C(C)C)C(=O)NCC(=O)NCOC/C=C/c1c2c(nc3cc4c(cc13)OCO4)-c1cc3c(c(=O)n1C2)COC(=O)[C@]3(O)CC. The van der Waals surface area contributed by atoms with E-state index in [0.29, 0.717) is 65.1 Å². The summed E-state index contributed by atoms with van der Waals surface area (Å²) in [6.45, 7) is 15.3. The summed E-state index contributed by atoms with van der Waals surface area (Å²) in [5.41, 5.74) is 2.40. The van der Waals surface area contributed by atoms with Gasteiger partial charge >= 0.3 is 5.97 Å². The van der Waals surface area contributed by atoms with Crippen molar-refractivity contribution in [2.75, 3.05) is 65.7 Å². The number of carbonyl (C=O) groups excluding carboxylic acids is 3. The molecule has 3 aliphatic heterocycles. The lowest BCUT2D eigenvalue weighted by Gasteiger charge is -2.31. The number of fused-ring (bicyclic) bond motifs is 6. The molecule has 8 rings (SSSR count). The van der Waals surface area contributed by atoms with Gasteiger partial charge in [0.15, 0.2) is 17.1 Å². The third kappa shape index (κ3) is 14.9. The van der Waals surface area contributed by atoms with Crippen LogP contribution in [0, 0.1) is 5.92 Å². The smallest absolute Gasteiger partial charge is 0.343 e. The second kappa shape index (κ2) is 27.8. The Hall–Kier alpha value is -6.70. The highest BCUT2D eigenvalue weighted by molar-refractivity contribution is 7.90. The number of pyridine rings is 2. The van der Waals surface area contributed by atoms with Gasteiger partial charge in [0.25, 0.3) is 5.56 Å². The van der Waals surface area contributed by atoms with E-state index in [1.54, 1.807) is 40.6 Å². The van der Waals surface area contributed by atoms with Gasteiger partial charge in [-0.1, -0.05) is 71.2 Å². The molecular weight excluding hydrogens is 1060 g/mol. The van der Waals surface area contributed by atoms with Crippen molar-refractivity contribution < 1.29 is 46.9 Å². The first-order valence-corrected chi connectivity index (χ1v) is 30.3. The molecular formula is C57H78N12O11S. The lowest BCUT2D eigenvalue weighted by molar-refractivity contribution is -0.172. The minimum atomic E-state index is -3.49. The van der Waals surface area contributed by atoms with Crippen molar-refractivity contribution in [3.8, 4) is 34.1 Å². The average Bonchev–Trinajstić information content (AvgIpc) is 3.62. The lowest BCUT2D eigenvalue weighted by Crippen LogP contribution is -2.51. The standard InChI is InChI=1S/C57H78N12O11S/c1-7-20-67(21-8-2)22-15-12-18-44(59-30-46(37(4)5)58-19-13-10-11-14-23-68-33-47(65-66-68)38-28-61-56(62-29-38)81(6,75)76)53(71)60-31-51(70)63-35-77-24-16-17-39-40-25-49-50(80-36-79-49)27-45(40)64-52-41(39)32-69-48(52)26-43-42(54(69)72)34-78-55(73)57(43,74)9-3/h16-17,25-29,33,37,44,46,58-59,74H,7-15,18-24,30-32,34-36H2,1-6H3,(H,60,71)(H,63,70)/b17-16+/t44-,46+,57-/m0/s1. The van der Waals surface area contributed by atoms with E-state index in [1.165, 1.54) is 12.4 Å². The number of nitrogens with one attached hydrogen (secondary N) is 4. The average molecular weight is 1140 g/mol. The molecule has 5 N–H and O–H groups in total. The molecule has 1 aromatic carbocycles. The number of cyclic esters (lactones) is 1. The Morgan fingerprint density at radius 2 is 1.68 bits per heavy atom. The first-order valence-electron chi connectivity index (χ1n) is 28.4. The molecule has 3 atom stereocenters. The van der Waals surface area contributed by atoms with Crippen molar-refractivity contribution in [3.63, 3.8) is 0 Å². The molecule has 23 nitrogen and oxygen atoms in total. The fraction of sp³-hybridized carbons (Fsp3) is 0.561. The third-order valence-corrected chi connectivity index (χ3v) is 15.9. The second-order valence-electron chi connectivity index (χ2n) is 21.3. The number of unbranched alkanes of at least 4 members (excludes halogenated alkanes) is 4. The molecule has 24 heteroatoms. The highest BCUT2D eigenvalue weighted by Crippen LogP contribution is 2.43. The van der Waals surface area contributed by atoms with Gasteiger partial charge in [0.2, 0.25) is 33.6 Å². The monoisotopic (exact) mass is 1140 g/mol. The molecule has 0 fully saturated rings. The number of hydrogen-bond donors (Lipinski definition) is 5. The number of carbonyl (C=O) groups is 3. The van der Waals surface area contributed by atoms with Crippen molar-refractivity contribution in [3.05, 3.63) is 75.5 Å². The van der Waals surface area contributed by atoms with E-state index in [4.69, 9.17) is 23.9 Å². The molecule has 0 saturated heterocycles. The molecule has 3 aliphatic rings. The third-order valence-electron chi connectivity index (χ3n) is 15.0. The van der Waals surface area contributed by atoms with Gasteiger partial charge in [0.05, 0.1) is 54.4 Å². The zero-order chi connectivity index (χ0) is 57.7. The first kappa shape index (κ1) is 60.4. The number of ether oxygens (including phenoxy) is 4. The van der Waals surface area contributed by atoms with Crippen LogP contribution in [0.4, 0.5) is 0 Å². The Labute approximate surface area is 472 Å². The highest BCUT2D eigenvalue weighted by Gasteiger charge is 2.45. The second-order valence-corrected chi connectivity index (χ2v) is 23.2. The number of benzene rings is 1. The molecule has 5 aromatic rings. The Bertz CT molecular complexity index is 3210. The van der Waals surface area contributed by atoms with Gasteiger partial charge in [-0.25, -0.2) is 28.2 Å². The summed E-state index contributed by atoms with van der Waals surface area (Å²) < 4.78 is 49.2. The van der Waals surface area contributed by atoms with Crippen LogP contribution in [0.15, 0.2) is 52.8 Å². The van der Waals surface area contributed by atoms with Crippen LogP contribution in [-0.4, -0.2) is 148 Å². The summed E-state index contributed by atoms with van der Waals surface area (Å²) >= 11 is 0. The van der Waals surface area contributed by atoms with Crippen LogP contribution < -0.4 is 36.3 Å². The predicted molar refractivity (Wildman–Crippen MR) is 304 cm³/mol. The molecule has 0 aliphatic carbocycles. The van der Waals surface area contributed by atoms with Gasteiger partial charge < -0.3 is 54.8 Å². The van der Waals surface area contributed by atoms with E-state index < -0.39 is 33.4 Å². The number of sulfone groups is 1. The van der Waals surface area contributed by atoms with Crippen molar-refractivity contribution in [2.24, 2.45) is 5.92 Å². The van der Waals surface area contributed by atoms with Crippen LogP contribution in [0.3, 0.4) is 0 Å². The normalized spacial score (nSPS) is 16.2. The zero-order valence-corrected chi connectivity index (χ0v) is 48.2. The van der Waals surface area contributed by atoms with E-state index in [-0.39, 0.29) is 80.0 Å². The Morgan fingerprint density at radius 1 is 0.926 bits per heavy atom. The molecule has 0 spiro atoms. The van der Waals surface area contributed by atoms with E-state index in [2.05, 4.69) is 74.1 Å².